The summed E-state index contributed by atoms with van der Waals surface area (Å²) in [5.41, 5.74) is -3.26. The molecule has 0 bridgehead atoms. The Kier molecular flexibility index (Phi) is 3.84. The normalized spacial score (nSPS) is 20.8. The van der Waals surface area contributed by atoms with Crippen LogP contribution >= 0.6 is 0 Å². The number of hydrogen-bond donors (Lipinski definition) is 1. The van der Waals surface area contributed by atoms with E-state index in [4.69, 9.17) is 0 Å². The van der Waals surface area contributed by atoms with E-state index in [-0.39, 0.29) is 11.1 Å². The SMILES string of the molecule is O=C(c1cccnc1)N1N=C(C(F)(F)F)C[C@]1(O)c1ccccc1. The second kappa shape index (κ2) is 5.72. The monoisotopic (exact) mass is 335 g/mol. The van der Waals surface area contributed by atoms with Crippen molar-refractivity contribution in [3.05, 3.63) is 66.0 Å². The summed E-state index contributed by atoms with van der Waals surface area (Å²) in [6.07, 6.45) is -2.96. The summed E-state index contributed by atoms with van der Waals surface area (Å²) in [7, 11) is 0. The molecule has 0 saturated heterocycles. The molecule has 0 radical (unpaired) electrons. The summed E-state index contributed by atoms with van der Waals surface area (Å²) in [4.78, 5) is 16.3. The van der Waals surface area contributed by atoms with Crippen LogP contribution in [0.4, 0.5) is 13.2 Å². The minimum absolute atomic E-state index is 0.0269. The molecule has 0 spiro atoms. The Labute approximate surface area is 135 Å². The number of aromatic nitrogens is 1. The fourth-order valence-corrected chi connectivity index (χ4v) is 2.46. The fraction of sp³-hybridized carbons (Fsp3) is 0.188. The third kappa shape index (κ3) is 2.76. The van der Waals surface area contributed by atoms with Crippen LogP contribution in [0.5, 0.6) is 0 Å². The number of amides is 1. The number of nitrogens with zero attached hydrogens (tertiary/aromatic N) is 3. The molecule has 0 unspecified atom stereocenters. The van der Waals surface area contributed by atoms with Crippen molar-refractivity contribution >= 4 is 11.6 Å². The highest BCUT2D eigenvalue weighted by Gasteiger charge is 2.53. The Morgan fingerprint density at radius 3 is 2.46 bits per heavy atom. The Balaban J connectivity index is 2.07. The van der Waals surface area contributed by atoms with Gasteiger partial charge in [0, 0.05) is 18.0 Å². The first-order valence-electron chi connectivity index (χ1n) is 6.99. The van der Waals surface area contributed by atoms with E-state index >= 15 is 0 Å². The molecule has 1 amide bonds. The van der Waals surface area contributed by atoms with E-state index in [1.807, 2.05) is 0 Å². The number of benzene rings is 1. The Hall–Kier alpha value is -2.74. The van der Waals surface area contributed by atoms with Gasteiger partial charge in [-0.1, -0.05) is 30.3 Å². The molecule has 8 heteroatoms. The number of rotatable bonds is 2. The molecule has 1 aromatic heterocycles. The summed E-state index contributed by atoms with van der Waals surface area (Å²) in [5, 5.41) is 14.7. The lowest BCUT2D eigenvalue weighted by Gasteiger charge is -2.31. The maximum atomic E-state index is 13.1. The molecule has 1 atom stereocenters. The highest BCUT2D eigenvalue weighted by Crippen LogP contribution is 2.40. The molecular formula is C16H12F3N3O2. The number of hydrogen-bond acceptors (Lipinski definition) is 4. The van der Waals surface area contributed by atoms with Crippen LogP contribution in [0.15, 0.2) is 60.0 Å². The minimum atomic E-state index is -4.74. The van der Waals surface area contributed by atoms with Crippen molar-refractivity contribution in [3.63, 3.8) is 0 Å². The van der Waals surface area contributed by atoms with E-state index in [9.17, 15) is 23.1 Å². The third-order valence-corrected chi connectivity index (χ3v) is 3.65. The topological polar surface area (TPSA) is 65.8 Å². The van der Waals surface area contributed by atoms with Crippen molar-refractivity contribution in [2.24, 2.45) is 5.10 Å². The van der Waals surface area contributed by atoms with Gasteiger partial charge in [-0.3, -0.25) is 9.78 Å². The van der Waals surface area contributed by atoms with Gasteiger partial charge < -0.3 is 5.11 Å². The van der Waals surface area contributed by atoms with Crippen LogP contribution in [-0.2, 0) is 5.72 Å². The number of carbonyl (C=O) groups is 1. The van der Waals surface area contributed by atoms with E-state index in [2.05, 4.69) is 10.1 Å². The average molecular weight is 335 g/mol. The minimum Gasteiger partial charge on any atom is -0.365 e. The molecule has 1 N–H and O–H groups in total. The zero-order valence-corrected chi connectivity index (χ0v) is 12.2. The van der Waals surface area contributed by atoms with Gasteiger partial charge in [-0.2, -0.15) is 23.3 Å². The quantitative estimate of drug-likeness (QED) is 0.918. The van der Waals surface area contributed by atoms with Gasteiger partial charge in [-0.05, 0) is 12.1 Å². The second-order valence-electron chi connectivity index (χ2n) is 5.26. The average Bonchev–Trinajstić information content (AvgIpc) is 2.95. The predicted octanol–water partition coefficient (Wildman–Crippen LogP) is 2.69. The maximum absolute atomic E-state index is 13.1. The molecule has 2 aromatic rings. The molecule has 1 aliphatic rings. The lowest BCUT2D eigenvalue weighted by Crippen LogP contribution is -2.43. The van der Waals surface area contributed by atoms with Crippen LogP contribution in [0.2, 0.25) is 0 Å². The highest BCUT2D eigenvalue weighted by atomic mass is 19.4. The summed E-state index contributed by atoms with van der Waals surface area (Å²) in [6, 6.07) is 10.5. The zero-order chi connectivity index (χ0) is 17.4. The van der Waals surface area contributed by atoms with E-state index in [0.29, 0.717) is 5.01 Å². The number of pyridine rings is 1. The molecular weight excluding hydrogens is 323 g/mol. The Morgan fingerprint density at radius 1 is 1.17 bits per heavy atom. The first kappa shape index (κ1) is 16.1. The van der Waals surface area contributed by atoms with Crippen molar-refractivity contribution in [1.82, 2.24) is 9.99 Å². The first-order chi connectivity index (χ1) is 11.3. The maximum Gasteiger partial charge on any atom is 0.431 e. The summed E-state index contributed by atoms with van der Waals surface area (Å²) < 4.78 is 39.2. The van der Waals surface area contributed by atoms with Crippen molar-refractivity contribution in [3.8, 4) is 0 Å². The lowest BCUT2D eigenvalue weighted by molar-refractivity contribution is -0.0816. The summed E-state index contributed by atoms with van der Waals surface area (Å²) >= 11 is 0. The molecule has 2 heterocycles. The van der Waals surface area contributed by atoms with Crippen LogP contribution in [0.3, 0.4) is 0 Å². The van der Waals surface area contributed by atoms with E-state index in [1.165, 1.54) is 36.7 Å². The molecule has 0 fully saturated rings. The van der Waals surface area contributed by atoms with Gasteiger partial charge in [0.2, 0.25) is 0 Å². The van der Waals surface area contributed by atoms with Crippen LogP contribution in [0, 0.1) is 0 Å². The first-order valence-corrected chi connectivity index (χ1v) is 6.99. The van der Waals surface area contributed by atoms with Crippen molar-refractivity contribution in [1.29, 1.82) is 0 Å². The standard InChI is InChI=1S/C16H12F3N3O2/c17-16(18,19)13-9-15(24,12-6-2-1-3-7-12)22(21-13)14(23)11-5-4-8-20-10-11/h1-8,10,24H,9H2/t15-/m0/s1. The number of aliphatic hydroxyl groups is 1. The van der Waals surface area contributed by atoms with E-state index < -0.39 is 29.9 Å². The number of halogens is 3. The van der Waals surface area contributed by atoms with Crippen LogP contribution in [0.25, 0.3) is 0 Å². The van der Waals surface area contributed by atoms with E-state index in [1.54, 1.807) is 18.2 Å². The van der Waals surface area contributed by atoms with Crippen LogP contribution in [0.1, 0.15) is 22.3 Å². The molecule has 3 rings (SSSR count). The van der Waals surface area contributed by atoms with Gasteiger partial charge in [0.1, 0.15) is 5.71 Å². The summed E-state index contributed by atoms with van der Waals surface area (Å²) in [6.45, 7) is 0. The van der Waals surface area contributed by atoms with Gasteiger partial charge in [-0.25, -0.2) is 0 Å². The third-order valence-electron chi connectivity index (χ3n) is 3.65. The van der Waals surface area contributed by atoms with Crippen molar-refractivity contribution in [2.45, 2.75) is 18.3 Å². The zero-order valence-electron chi connectivity index (χ0n) is 12.2. The van der Waals surface area contributed by atoms with Gasteiger partial charge in [-0.15, -0.1) is 0 Å². The largest absolute Gasteiger partial charge is 0.431 e. The Bertz CT molecular complexity index is 778. The van der Waals surface area contributed by atoms with Crippen molar-refractivity contribution < 1.29 is 23.1 Å². The van der Waals surface area contributed by atoms with Crippen LogP contribution < -0.4 is 0 Å². The van der Waals surface area contributed by atoms with Gasteiger partial charge in [0.15, 0.2) is 5.72 Å². The molecule has 1 aliphatic heterocycles. The number of alkyl halides is 3. The molecule has 0 saturated carbocycles. The molecule has 0 aliphatic carbocycles. The molecule has 124 valence electrons. The van der Waals surface area contributed by atoms with Crippen LogP contribution in [-0.4, -0.2) is 32.9 Å². The van der Waals surface area contributed by atoms with E-state index in [0.717, 1.165) is 0 Å². The molecule has 1 aromatic carbocycles. The summed E-state index contributed by atoms with van der Waals surface area (Å²) in [5.74, 6) is -0.867. The van der Waals surface area contributed by atoms with Gasteiger partial charge in [0.05, 0.1) is 12.0 Å². The van der Waals surface area contributed by atoms with Crippen molar-refractivity contribution in [2.75, 3.05) is 0 Å². The predicted molar refractivity (Wildman–Crippen MR) is 78.9 cm³/mol. The lowest BCUT2D eigenvalue weighted by atomic mass is 9.97. The number of hydrazone groups is 1. The second-order valence-corrected chi connectivity index (χ2v) is 5.26. The molecule has 5 nitrogen and oxygen atoms in total. The smallest absolute Gasteiger partial charge is 0.365 e. The van der Waals surface area contributed by atoms with Gasteiger partial charge in [0.25, 0.3) is 5.91 Å². The number of carbonyl (C=O) groups excluding carboxylic acids is 1. The Morgan fingerprint density at radius 2 is 1.88 bits per heavy atom. The van der Waals surface area contributed by atoms with Gasteiger partial charge >= 0.3 is 6.18 Å². The highest BCUT2D eigenvalue weighted by molar-refractivity contribution is 5.99. The molecule has 24 heavy (non-hydrogen) atoms. The fourth-order valence-electron chi connectivity index (χ4n) is 2.46.